The van der Waals surface area contributed by atoms with E-state index in [4.69, 9.17) is 0 Å². The number of nitrogens with one attached hydrogen (secondary N) is 1. The highest BCUT2D eigenvalue weighted by atomic mass is 127. The maximum absolute atomic E-state index is 14.4. The summed E-state index contributed by atoms with van der Waals surface area (Å²) < 4.78 is 30.8. The van der Waals surface area contributed by atoms with E-state index in [0.29, 0.717) is 37.4 Å². The molecule has 0 fully saturated rings. The van der Waals surface area contributed by atoms with Gasteiger partial charge in [-0.2, -0.15) is 5.10 Å². The van der Waals surface area contributed by atoms with Crippen LogP contribution in [0.15, 0.2) is 30.3 Å². The zero-order chi connectivity index (χ0) is 22.8. The average molecular weight is 546 g/mol. The smallest absolute Gasteiger partial charge is 0.235 e. The number of carbonyl (C=O) groups excluding carboxylic acids is 1. The van der Waals surface area contributed by atoms with Crippen LogP contribution in [-0.2, 0) is 16.8 Å². The number of aryl methyl sites for hydroxylation is 1. The fourth-order valence-corrected chi connectivity index (χ4v) is 4.94. The van der Waals surface area contributed by atoms with Crippen LogP contribution in [0.5, 0.6) is 0 Å². The third kappa shape index (κ3) is 3.15. The molecule has 0 atom stereocenters. The summed E-state index contributed by atoms with van der Waals surface area (Å²) in [5.41, 5.74) is 1.28. The molecule has 1 N–H and O–H groups in total. The summed E-state index contributed by atoms with van der Waals surface area (Å²) in [7, 11) is 0. The molecule has 1 aliphatic heterocycles. The first-order chi connectivity index (χ1) is 15.2. The van der Waals surface area contributed by atoms with Gasteiger partial charge in [0, 0.05) is 11.1 Å². The maximum atomic E-state index is 14.4. The summed E-state index contributed by atoms with van der Waals surface area (Å²) in [5.74, 6) is -0.394. The van der Waals surface area contributed by atoms with Crippen molar-refractivity contribution in [3.63, 3.8) is 0 Å². The van der Waals surface area contributed by atoms with Crippen molar-refractivity contribution in [1.82, 2.24) is 24.7 Å². The van der Waals surface area contributed by atoms with Crippen molar-refractivity contribution < 1.29 is 13.6 Å². The van der Waals surface area contributed by atoms with Crippen LogP contribution in [0.1, 0.15) is 30.7 Å². The van der Waals surface area contributed by atoms with Crippen LogP contribution in [0.25, 0.3) is 22.6 Å². The number of carbonyl (C=O) groups is 1. The van der Waals surface area contributed by atoms with E-state index in [9.17, 15) is 13.6 Å². The zero-order valence-electron chi connectivity index (χ0n) is 17.4. The number of fused-ring (bicyclic) bond motifs is 2. The highest BCUT2D eigenvalue weighted by Crippen LogP contribution is 2.40. The molecular formula is C22H17F2IN6O. The van der Waals surface area contributed by atoms with E-state index >= 15 is 0 Å². The van der Waals surface area contributed by atoms with Gasteiger partial charge in [0.25, 0.3) is 0 Å². The third-order valence-electron chi connectivity index (χ3n) is 5.63. The Morgan fingerprint density at radius 1 is 1.12 bits per heavy atom. The summed E-state index contributed by atoms with van der Waals surface area (Å²) in [6, 6.07) is 7.71. The molecular weight excluding hydrogens is 529 g/mol. The number of benzene rings is 1. The second-order valence-electron chi connectivity index (χ2n) is 8.17. The number of hydrogen-bond acceptors (Lipinski definition) is 5. The van der Waals surface area contributed by atoms with Crippen molar-refractivity contribution in [2.24, 2.45) is 0 Å². The number of nitrogens with zero attached hydrogens (tertiary/aromatic N) is 5. The lowest BCUT2D eigenvalue weighted by atomic mass is 9.88. The van der Waals surface area contributed by atoms with Gasteiger partial charge in [-0.15, -0.1) is 0 Å². The van der Waals surface area contributed by atoms with Gasteiger partial charge in [-0.05, 0) is 55.5 Å². The first-order valence-corrected chi connectivity index (χ1v) is 10.9. The van der Waals surface area contributed by atoms with Gasteiger partial charge in [0.15, 0.2) is 11.5 Å². The van der Waals surface area contributed by atoms with Gasteiger partial charge in [-0.1, -0.05) is 18.2 Å². The van der Waals surface area contributed by atoms with Gasteiger partial charge >= 0.3 is 0 Å². The lowest BCUT2D eigenvalue weighted by molar-refractivity contribution is -0.119. The fourth-order valence-electron chi connectivity index (χ4n) is 3.79. The van der Waals surface area contributed by atoms with Gasteiger partial charge in [0.2, 0.25) is 5.91 Å². The lowest BCUT2D eigenvalue weighted by Gasteiger charge is -2.15. The van der Waals surface area contributed by atoms with E-state index in [0.717, 1.165) is 0 Å². The number of amides is 1. The highest BCUT2D eigenvalue weighted by molar-refractivity contribution is 14.1. The fraction of sp³-hybridized carbons (Fsp3) is 0.227. The number of aromatic nitrogens is 5. The van der Waals surface area contributed by atoms with E-state index < -0.39 is 11.2 Å². The predicted molar refractivity (Wildman–Crippen MR) is 123 cm³/mol. The molecule has 3 aromatic heterocycles. The quantitative estimate of drug-likeness (QED) is 0.305. The van der Waals surface area contributed by atoms with Crippen molar-refractivity contribution in [1.29, 1.82) is 0 Å². The Hall–Kier alpha value is -3.02. The second kappa shape index (κ2) is 7.26. The molecule has 0 unspecified atom stereocenters. The second-order valence-corrected chi connectivity index (χ2v) is 9.19. The maximum Gasteiger partial charge on any atom is 0.235 e. The highest BCUT2D eigenvalue weighted by Gasteiger charge is 2.42. The SMILES string of the molecule is Cc1nc2c(cc1F)c(-c1nc(I)c3c(n1)NC(=O)C3(C)C)nn2Cc1ccccc1F. The molecule has 32 heavy (non-hydrogen) atoms. The van der Waals surface area contributed by atoms with Crippen LogP contribution in [0, 0.1) is 22.3 Å². The molecule has 0 spiro atoms. The molecule has 5 rings (SSSR count). The van der Waals surface area contributed by atoms with Crippen LogP contribution >= 0.6 is 22.6 Å². The predicted octanol–water partition coefficient (Wildman–Crippen LogP) is 4.36. The van der Waals surface area contributed by atoms with Gasteiger partial charge in [0.05, 0.1) is 23.0 Å². The Kier molecular flexibility index (Phi) is 4.73. The third-order valence-corrected chi connectivity index (χ3v) is 6.41. The zero-order valence-corrected chi connectivity index (χ0v) is 19.5. The summed E-state index contributed by atoms with van der Waals surface area (Å²) in [5, 5.41) is 7.78. The van der Waals surface area contributed by atoms with Gasteiger partial charge in [-0.25, -0.2) is 28.4 Å². The first-order valence-electron chi connectivity index (χ1n) is 9.83. The number of hydrogen-bond donors (Lipinski definition) is 1. The Balaban J connectivity index is 1.71. The first kappa shape index (κ1) is 20.9. The Morgan fingerprint density at radius 3 is 2.62 bits per heavy atom. The Labute approximate surface area is 195 Å². The Bertz CT molecular complexity index is 1430. The number of rotatable bonds is 3. The van der Waals surface area contributed by atoms with Crippen molar-refractivity contribution in [2.75, 3.05) is 5.32 Å². The lowest BCUT2D eigenvalue weighted by Crippen LogP contribution is -2.27. The molecule has 1 aliphatic rings. The van der Waals surface area contributed by atoms with Gasteiger partial charge in [-0.3, -0.25) is 4.79 Å². The minimum Gasteiger partial charge on any atom is -0.310 e. The van der Waals surface area contributed by atoms with E-state index in [1.165, 1.54) is 16.8 Å². The summed E-state index contributed by atoms with van der Waals surface area (Å²) in [4.78, 5) is 25.8. The molecule has 1 aromatic carbocycles. The van der Waals surface area contributed by atoms with Crippen molar-refractivity contribution >= 4 is 45.3 Å². The molecule has 7 nitrogen and oxygen atoms in total. The molecule has 1 amide bonds. The largest absolute Gasteiger partial charge is 0.310 e. The summed E-state index contributed by atoms with van der Waals surface area (Å²) >= 11 is 2.06. The van der Waals surface area contributed by atoms with E-state index in [2.05, 4.69) is 48.0 Å². The van der Waals surface area contributed by atoms with Gasteiger partial charge in [0.1, 0.15) is 26.8 Å². The standard InChI is InChI=1S/C22H17F2IN6O/c1-10-14(24)8-12-16(19-27-17(25)15-18(28-19)29-21(32)22(15,2)3)30-31(20(12)26-10)9-11-6-4-5-7-13(11)23/h4-8H,9H2,1-3H3,(H,27,28,29,32). The topological polar surface area (TPSA) is 85.6 Å². The molecule has 162 valence electrons. The number of pyridine rings is 1. The van der Waals surface area contributed by atoms with E-state index in [1.54, 1.807) is 39.0 Å². The van der Waals surface area contributed by atoms with Crippen molar-refractivity contribution in [2.45, 2.75) is 32.7 Å². The minimum absolute atomic E-state index is 0.104. The number of halogens is 3. The van der Waals surface area contributed by atoms with Crippen LogP contribution in [0.3, 0.4) is 0 Å². The van der Waals surface area contributed by atoms with E-state index in [-0.39, 0.29) is 29.8 Å². The normalized spacial score (nSPS) is 14.6. The monoisotopic (exact) mass is 546 g/mol. The van der Waals surface area contributed by atoms with Crippen molar-refractivity contribution in [3.05, 3.63) is 62.5 Å². The average Bonchev–Trinajstić information content (AvgIpc) is 3.18. The molecule has 0 radical (unpaired) electrons. The van der Waals surface area contributed by atoms with E-state index in [1.807, 2.05) is 0 Å². The molecule has 0 bridgehead atoms. The molecule has 0 aliphatic carbocycles. The molecule has 0 saturated carbocycles. The summed E-state index contributed by atoms with van der Waals surface area (Å²) in [6.07, 6.45) is 0. The molecule has 4 aromatic rings. The summed E-state index contributed by atoms with van der Waals surface area (Å²) in [6.45, 7) is 5.27. The van der Waals surface area contributed by atoms with Crippen LogP contribution in [0.2, 0.25) is 0 Å². The molecule has 4 heterocycles. The Morgan fingerprint density at radius 2 is 1.88 bits per heavy atom. The minimum atomic E-state index is -0.762. The molecule has 10 heteroatoms. The van der Waals surface area contributed by atoms with Crippen LogP contribution in [-0.4, -0.2) is 30.6 Å². The van der Waals surface area contributed by atoms with Gasteiger partial charge < -0.3 is 5.32 Å². The molecule has 0 saturated heterocycles. The van der Waals surface area contributed by atoms with Crippen LogP contribution in [0.4, 0.5) is 14.6 Å². The van der Waals surface area contributed by atoms with Crippen LogP contribution < -0.4 is 5.32 Å². The van der Waals surface area contributed by atoms with Crippen molar-refractivity contribution in [3.8, 4) is 11.5 Å². The number of anilines is 1.